The van der Waals surface area contributed by atoms with Crippen molar-refractivity contribution in [2.45, 2.75) is 103 Å². The van der Waals surface area contributed by atoms with E-state index < -0.39 is 12.2 Å². The predicted octanol–water partition coefficient (Wildman–Crippen LogP) is 14.4. The van der Waals surface area contributed by atoms with Crippen molar-refractivity contribution in [1.82, 2.24) is 0 Å². The van der Waals surface area contributed by atoms with Crippen LogP contribution in [-0.4, -0.2) is 50.6 Å². The fourth-order valence-corrected chi connectivity index (χ4v) is 8.38. The van der Waals surface area contributed by atoms with Crippen molar-refractivity contribution < 1.29 is 38.0 Å². The normalized spacial score (nSPS) is 12.3. The molecule has 7 rings (SSSR count). The highest BCUT2D eigenvalue weighted by Crippen LogP contribution is 2.44. The molecule has 7 aromatic rings. The minimum atomic E-state index is -0.718. The molecule has 0 aliphatic heterocycles. The molecule has 0 aliphatic carbocycles. The summed E-state index contributed by atoms with van der Waals surface area (Å²) in [6.07, 6.45) is 9.45. The van der Waals surface area contributed by atoms with Crippen LogP contribution < -0.4 is 18.9 Å². The lowest BCUT2D eigenvalue weighted by molar-refractivity contribution is -0.153. The SMILES string of the molecule is CCCCCCCC(=O)OC(COc1cccc2ccccc12)COc1c2ccccc2c(OCC(COc2cccc3ccccc23)OC(=O)CCCCCCC)c2cc(Cl)ccc12. The van der Waals surface area contributed by atoms with Crippen molar-refractivity contribution >= 4 is 66.6 Å². The summed E-state index contributed by atoms with van der Waals surface area (Å²) < 4.78 is 38.5. The molecule has 0 fully saturated rings. The van der Waals surface area contributed by atoms with E-state index in [0.717, 1.165) is 107 Å². The third-order valence-electron chi connectivity index (χ3n) is 11.6. The van der Waals surface area contributed by atoms with Gasteiger partial charge in [0.05, 0.1) is 0 Å². The smallest absolute Gasteiger partial charge is 0.306 e. The summed E-state index contributed by atoms with van der Waals surface area (Å²) in [7, 11) is 0. The lowest BCUT2D eigenvalue weighted by atomic mass is 10.0. The molecule has 0 amide bonds. The highest BCUT2D eigenvalue weighted by molar-refractivity contribution is 6.31. The Morgan fingerprint density at radius 2 is 0.831 bits per heavy atom. The number of benzene rings is 7. The lowest BCUT2D eigenvalue weighted by Crippen LogP contribution is -2.31. The second kappa shape index (κ2) is 24.3. The maximum absolute atomic E-state index is 13.3. The Balaban J connectivity index is 1.14. The number of carbonyl (C=O) groups excluding carboxylic acids is 2. The van der Waals surface area contributed by atoms with Crippen molar-refractivity contribution in [3.05, 3.63) is 132 Å². The summed E-state index contributed by atoms with van der Waals surface area (Å²) in [5, 5.41) is 7.62. The zero-order chi connectivity index (χ0) is 45.2. The van der Waals surface area contributed by atoms with Crippen LogP contribution in [0.1, 0.15) is 90.9 Å². The van der Waals surface area contributed by atoms with E-state index in [0.29, 0.717) is 40.9 Å². The maximum Gasteiger partial charge on any atom is 0.306 e. The standard InChI is InChI=1S/C56H61ClO8/c1-3-5-7-9-11-31-53(58)64-43(36-60-51-29-19-23-40-21-13-15-25-45(40)51)38-62-55-47-27-17-18-28-48(47)56(50-35-42(57)33-34-49(50)55)63-39-44(65-54(59)32-12-10-8-6-4-2)37-61-52-30-20-24-41-22-14-16-26-46(41)52/h13-30,33-35,43-44H,3-12,31-32,36-39H2,1-2H3. The Kier molecular flexibility index (Phi) is 17.6. The Morgan fingerprint density at radius 1 is 0.431 bits per heavy atom. The summed E-state index contributed by atoms with van der Waals surface area (Å²) in [6, 6.07) is 41.3. The molecular formula is C56H61ClO8. The van der Waals surface area contributed by atoms with E-state index in [1.165, 1.54) is 0 Å². The van der Waals surface area contributed by atoms with Gasteiger partial charge in [-0.15, -0.1) is 0 Å². The van der Waals surface area contributed by atoms with Crippen LogP contribution in [0, 0.1) is 0 Å². The highest BCUT2D eigenvalue weighted by atomic mass is 35.5. The molecule has 0 aromatic heterocycles. The molecule has 0 N–H and O–H groups in total. The van der Waals surface area contributed by atoms with Crippen LogP contribution in [0.15, 0.2) is 127 Å². The molecule has 0 saturated carbocycles. The van der Waals surface area contributed by atoms with Gasteiger partial charge in [0.25, 0.3) is 0 Å². The Hall–Kier alpha value is -5.99. The van der Waals surface area contributed by atoms with Gasteiger partial charge in [0.2, 0.25) is 0 Å². The number of halogens is 1. The maximum atomic E-state index is 13.3. The van der Waals surface area contributed by atoms with Gasteiger partial charge in [-0.1, -0.05) is 174 Å². The van der Waals surface area contributed by atoms with Crippen LogP contribution in [0.2, 0.25) is 5.02 Å². The monoisotopic (exact) mass is 896 g/mol. The first-order valence-electron chi connectivity index (χ1n) is 23.4. The van der Waals surface area contributed by atoms with E-state index in [2.05, 4.69) is 13.8 Å². The third kappa shape index (κ3) is 13.1. The second-order valence-corrected chi connectivity index (χ2v) is 17.1. The van der Waals surface area contributed by atoms with E-state index in [4.69, 9.17) is 40.0 Å². The summed E-state index contributed by atoms with van der Waals surface area (Å²) in [6.45, 7) is 4.60. The van der Waals surface area contributed by atoms with E-state index in [9.17, 15) is 9.59 Å². The molecule has 8 nitrogen and oxygen atoms in total. The molecule has 2 unspecified atom stereocenters. The minimum absolute atomic E-state index is 0.0279. The molecule has 9 heteroatoms. The second-order valence-electron chi connectivity index (χ2n) is 16.6. The van der Waals surface area contributed by atoms with Gasteiger partial charge >= 0.3 is 11.9 Å². The van der Waals surface area contributed by atoms with E-state index in [1.807, 2.05) is 127 Å². The summed E-state index contributed by atoms with van der Waals surface area (Å²) in [5.74, 6) is 2.00. The van der Waals surface area contributed by atoms with Crippen molar-refractivity contribution in [2.75, 3.05) is 26.4 Å². The van der Waals surface area contributed by atoms with Crippen LogP contribution in [0.4, 0.5) is 0 Å². The van der Waals surface area contributed by atoms with Crippen LogP contribution >= 0.6 is 11.6 Å². The Labute approximate surface area is 388 Å². The third-order valence-corrected chi connectivity index (χ3v) is 11.9. The number of esters is 2. The number of carbonyl (C=O) groups is 2. The molecule has 340 valence electrons. The minimum Gasteiger partial charge on any atom is -0.489 e. The van der Waals surface area contributed by atoms with E-state index >= 15 is 0 Å². The van der Waals surface area contributed by atoms with Gasteiger partial charge in [-0.2, -0.15) is 0 Å². The van der Waals surface area contributed by atoms with Gasteiger partial charge in [0.15, 0.2) is 12.2 Å². The highest BCUT2D eigenvalue weighted by Gasteiger charge is 2.24. The van der Waals surface area contributed by atoms with Gasteiger partial charge in [-0.05, 0) is 53.9 Å². The number of fused-ring (bicyclic) bond motifs is 4. The molecule has 65 heavy (non-hydrogen) atoms. The molecule has 0 radical (unpaired) electrons. The summed E-state index contributed by atoms with van der Waals surface area (Å²) in [4.78, 5) is 26.6. The van der Waals surface area contributed by atoms with Crippen molar-refractivity contribution in [1.29, 1.82) is 0 Å². The molecule has 7 aromatic carbocycles. The zero-order valence-electron chi connectivity index (χ0n) is 37.7. The first-order chi connectivity index (χ1) is 31.9. The van der Waals surface area contributed by atoms with Crippen LogP contribution in [0.5, 0.6) is 23.0 Å². The number of hydrogen-bond donors (Lipinski definition) is 0. The number of ether oxygens (including phenoxy) is 6. The molecule has 0 aliphatic rings. The van der Waals surface area contributed by atoms with Crippen molar-refractivity contribution in [2.24, 2.45) is 0 Å². The number of hydrogen-bond acceptors (Lipinski definition) is 8. The predicted molar refractivity (Wildman–Crippen MR) is 263 cm³/mol. The lowest BCUT2D eigenvalue weighted by Gasteiger charge is -2.23. The molecule has 0 spiro atoms. The molecule has 0 heterocycles. The fourth-order valence-electron chi connectivity index (χ4n) is 8.21. The molecular weight excluding hydrogens is 836 g/mol. The fraction of sp³-hybridized carbons (Fsp3) is 0.357. The largest absolute Gasteiger partial charge is 0.489 e. The number of unbranched alkanes of at least 4 members (excludes halogenated alkanes) is 8. The Morgan fingerprint density at radius 3 is 1.32 bits per heavy atom. The van der Waals surface area contributed by atoms with Gasteiger partial charge < -0.3 is 28.4 Å². The molecule has 0 saturated heterocycles. The topological polar surface area (TPSA) is 89.5 Å². The average molecular weight is 898 g/mol. The Bertz CT molecular complexity index is 2630. The first kappa shape index (κ1) is 47.0. The van der Waals surface area contributed by atoms with Gasteiger partial charge in [-0.3, -0.25) is 9.59 Å². The van der Waals surface area contributed by atoms with Crippen LogP contribution in [0.3, 0.4) is 0 Å². The van der Waals surface area contributed by atoms with Gasteiger partial charge in [0.1, 0.15) is 49.4 Å². The number of rotatable bonds is 26. The zero-order valence-corrected chi connectivity index (χ0v) is 38.5. The van der Waals surface area contributed by atoms with Gasteiger partial charge in [0, 0.05) is 50.2 Å². The van der Waals surface area contributed by atoms with E-state index in [1.54, 1.807) is 0 Å². The van der Waals surface area contributed by atoms with E-state index in [-0.39, 0.29) is 38.4 Å². The van der Waals surface area contributed by atoms with Gasteiger partial charge in [-0.25, -0.2) is 0 Å². The van der Waals surface area contributed by atoms with Crippen molar-refractivity contribution in [3.63, 3.8) is 0 Å². The molecule has 0 bridgehead atoms. The molecule has 2 atom stereocenters. The average Bonchev–Trinajstić information content (AvgIpc) is 3.33. The summed E-state index contributed by atoms with van der Waals surface area (Å²) in [5.41, 5.74) is 0. The van der Waals surface area contributed by atoms with Crippen molar-refractivity contribution in [3.8, 4) is 23.0 Å². The quantitative estimate of drug-likeness (QED) is 0.0302. The summed E-state index contributed by atoms with van der Waals surface area (Å²) >= 11 is 6.71. The first-order valence-corrected chi connectivity index (χ1v) is 23.8. The van der Waals surface area contributed by atoms with Crippen LogP contribution in [-0.2, 0) is 19.1 Å². The van der Waals surface area contributed by atoms with Crippen LogP contribution in [0.25, 0.3) is 43.1 Å².